The lowest BCUT2D eigenvalue weighted by Gasteiger charge is -2.29. The van der Waals surface area contributed by atoms with Gasteiger partial charge in [0.1, 0.15) is 5.60 Å². The third-order valence-corrected chi connectivity index (χ3v) is 2.54. The van der Waals surface area contributed by atoms with Crippen LogP contribution in [0.25, 0.3) is 0 Å². The van der Waals surface area contributed by atoms with Gasteiger partial charge in [0, 0.05) is 0 Å². The molecule has 1 rings (SSSR count). The SMILES string of the molecule is C/C=C\C(O)(c1ccccc1)C(C)C. The Kier molecular flexibility index (Phi) is 3.48. The quantitative estimate of drug-likeness (QED) is 0.726. The predicted octanol–water partition coefficient (Wildman–Crippen LogP) is 3.11. The van der Waals surface area contributed by atoms with Crippen molar-refractivity contribution in [1.82, 2.24) is 0 Å². The van der Waals surface area contributed by atoms with Crippen LogP contribution in [0.2, 0.25) is 0 Å². The summed E-state index contributed by atoms with van der Waals surface area (Å²) in [7, 11) is 0. The molecule has 0 amide bonds. The molecule has 0 heterocycles. The first-order valence-electron chi connectivity index (χ1n) is 5.03. The van der Waals surface area contributed by atoms with Gasteiger partial charge in [-0.05, 0) is 18.4 Å². The maximum absolute atomic E-state index is 10.5. The average Bonchev–Trinajstić information content (AvgIpc) is 2.19. The van der Waals surface area contributed by atoms with Crippen LogP contribution in [-0.4, -0.2) is 5.11 Å². The predicted molar refractivity (Wildman–Crippen MR) is 60.0 cm³/mol. The maximum Gasteiger partial charge on any atom is 0.110 e. The summed E-state index contributed by atoms with van der Waals surface area (Å²) in [6.07, 6.45) is 3.75. The van der Waals surface area contributed by atoms with Crippen LogP contribution in [0.3, 0.4) is 0 Å². The van der Waals surface area contributed by atoms with Crippen molar-refractivity contribution < 1.29 is 5.11 Å². The van der Waals surface area contributed by atoms with Crippen LogP contribution in [0.15, 0.2) is 42.5 Å². The number of allylic oxidation sites excluding steroid dienone is 1. The van der Waals surface area contributed by atoms with Gasteiger partial charge in [-0.2, -0.15) is 0 Å². The van der Waals surface area contributed by atoms with Crippen LogP contribution >= 0.6 is 0 Å². The van der Waals surface area contributed by atoms with Gasteiger partial charge in [-0.15, -0.1) is 0 Å². The topological polar surface area (TPSA) is 20.2 Å². The maximum atomic E-state index is 10.5. The second-order valence-electron chi connectivity index (χ2n) is 3.85. The lowest BCUT2D eigenvalue weighted by Crippen LogP contribution is -2.29. The summed E-state index contributed by atoms with van der Waals surface area (Å²) in [6.45, 7) is 5.97. The van der Waals surface area contributed by atoms with E-state index in [9.17, 15) is 5.11 Å². The summed E-state index contributed by atoms with van der Waals surface area (Å²) < 4.78 is 0. The molecule has 0 saturated carbocycles. The van der Waals surface area contributed by atoms with E-state index < -0.39 is 5.60 Å². The summed E-state index contributed by atoms with van der Waals surface area (Å²) in [6, 6.07) is 9.78. The van der Waals surface area contributed by atoms with E-state index in [2.05, 4.69) is 0 Å². The van der Waals surface area contributed by atoms with Crippen molar-refractivity contribution in [2.24, 2.45) is 5.92 Å². The minimum atomic E-state index is -0.837. The standard InChI is InChI=1S/C13H18O/c1-4-10-13(14,11(2)3)12-8-6-5-7-9-12/h4-11,14H,1-3H3/b10-4-. The van der Waals surface area contributed by atoms with Crippen LogP contribution in [0.1, 0.15) is 26.3 Å². The van der Waals surface area contributed by atoms with Crippen LogP contribution in [0, 0.1) is 5.92 Å². The number of rotatable bonds is 3. The molecule has 1 heteroatoms. The Morgan fingerprint density at radius 1 is 1.21 bits per heavy atom. The average molecular weight is 190 g/mol. The normalized spacial score (nSPS) is 16.1. The summed E-state index contributed by atoms with van der Waals surface area (Å²) in [4.78, 5) is 0. The molecule has 1 nitrogen and oxygen atoms in total. The van der Waals surface area contributed by atoms with Crippen LogP contribution in [-0.2, 0) is 5.60 Å². The van der Waals surface area contributed by atoms with E-state index in [1.165, 1.54) is 0 Å². The zero-order valence-electron chi connectivity index (χ0n) is 9.07. The van der Waals surface area contributed by atoms with E-state index in [4.69, 9.17) is 0 Å². The van der Waals surface area contributed by atoms with E-state index in [1.54, 1.807) is 0 Å². The first-order chi connectivity index (χ1) is 6.61. The van der Waals surface area contributed by atoms with Gasteiger partial charge in [0.25, 0.3) is 0 Å². The molecule has 0 radical (unpaired) electrons. The molecule has 0 saturated heterocycles. The van der Waals surface area contributed by atoms with Gasteiger partial charge in [-0.3, -0.25) is 0 Å². The van der Waals surface area contributed by atoms with Crippen molar-refractivity contribution in [3.05, 3.63) is 48.0 Å². The third kappa shape index (κ3) is 2.05. The van der Waals surface area contributed by atoms with Gasteiger partial charge in [0.05, 0.1) is 0 Å². The molecule has 1 unspecified atom stereocenters. The Hall–Kier alpha value is -1.08. The third-order valence-electron chi connectivity index (χ3n) is 2.54. The van der Waals surface area contributed by atoms with Crippen molar-refractivity contribution >= 4 is 0 Å². The molecular formula is C13H18O. The molecule has 1 aromatic carbocycles. The molecule has 0 aliphatic heterocycles. The minimum Gasteiger partial charge on any atom is -0.381 e. The molecule has 0 spiro atoms. The van der Waals surface area contributed by atoms with E-state index in [0.717, 1.165) is 5.56 Å². The summed E-state index contributed by atoms with van der Waals surface area (Å²) in [5, 5.41) is 10.5. The van der Waals surface area contributed by atoms with E-state index in [1.807, 2.05) is 63.3 Å². The van der Waals surface area contributed by atoms with E-state index in [-0.39, 0.29) is 5.92 Å². The Morgan fingerprint density at radius 2 is 1.79 bits per heavy atom. The van der Waals surface area contributed by atoms with Crippen molar-refractivity contribution in [3.63, 3.8) is 0 Å². The highest BCUT2D eigenvalue weighted by Gasteiger charge is 2.29. The molecule has 0 fully saturated rings. The van der Waals surface area contributed by atoms with Gasteiger partial charge in [0.15, 0.2) is 0 Å². The molecule has 76 valence electrons. The highest BCUT2D eigenvalue weighted by atomic mass is 16.3. The van der Waals surface area contributed by atoms with Crippen molar-refractivity contribution in [2.75, 3.05) is 0 Å². The second kappa shape index (κ2) is 4.43. The molecule has 0 aliphatic carbocycles. The second-order valence-corrected chi connectivity index (χ2v) is 3.85. The summed E-state index contributed by atoms with van der Waals surface area (Å²) in [5.41, 5.74) is 0.115. The van der Waals surface area contributed by atoms with Gasteiger partial charge in [-0.1, -0.05) is 56.3 Å². The fourth-order valence-corrected chi connectivity index (χ4v) is 1.58. The zero-order valence-corrected chi connectivity index (χ0v) is 9.07. The van der Waals surface area contributed by atoms with E-state index in [0.29, 0.717) is 0 Å². The van der Waals surface area contributed by atoms with Gasteiger partial charge < -0.3 is 5.11 Å². The molecule has 1 aromatic rings. The molecule has 1 atom stereocenters. The molecule has 0 aromatic heterocycles. The van der Waals surface area contributed by atoms with Crippen molar-refractivity contribution in [2.45, 2.75) is 26.4 Å². The zero-order chi connectivity index (χ0) is 10.6. The Balaban J connectivity index is 3.12. The summed E-state index contributed by atoms with van der Waals surface area (Å²) >= 11 is 0. The van der Waals surface area contributed by atoms with Gasteiger partial charge in [-0.25, -0.2) is 0 Å². The first-order valence-corrected chi connectivity index (χ1v) is 5.03. The lowest BCUT2D eigenvalue weighted by molar-refractivity contribution is 0.0398. The molecule has 1 N–H and O–H groups in total. The number of hydrogen-bond acceptors (Lipinski definition) is 1. The molecule has 0 bridgehead atoms. The Morgan fingerprint density at radius 3 is 2.21 bits per heavy atom. The van der Waals surface area contributed by atoms with Gasteiger partial charge in [0.2, 0.25) is 0 Å². The largest absolute Gasteiger partial charge is 0.381 e. The fraction of sp³-hybridized carbons (Fsp3) is 0.385. The van der Waals surface area contributed by atoms with E-state index >= 15 is 0 Å². The summed E-state index contributed by atoms with van der Waals surface area (Å²) in [5.74, 6) is 0.168. The smallest absolute Gasteiger partial charge is 0.110 e. The van der Waals surface area contributed by atoms with Crippen LogP contribution in [0.4, 0.5) is 0 Å². The highest BCUT2D eigenvalue weighted by molar-refractivity contribution is 5.27. The minimum absolute atomic E-state index is 0.168. The first kappa shape index (κ1) is 11.0. The van der Waals surface area contributed by atoms with Crippen molar-refractivity contribution in [1.29, 1.82) is 0 Å². The van der Waals surface area contributed by atoms with Crippen LogP contribution in [0.5, 0.6) is 0 Å². The van der Waals surface area contributed by atoms with Crippen LogP contribution < -0.4 is 0 Å². The van der Waals surface area contributed by atoms with Gasteiger partial charge >= 0.3 is 0 Å². The molecular weight excluding hydrogens is 172 g/mol. The lowest BCUT2D eigenvalue weighted by atomic mass is 9.83. The fourth-order valence-electron chi connectivity index (χ4n) is 1.58. The number of aliphatic hydroxyl groups is 1. The molecule has 14 heavy (non-hydrogen) atoms. The van der Waals surface area contributed by atoms with Crippen molar-refractivity contribution in [3.8, 4) is 0 Å². The monoisotopic (exact) mass is 190 g/mol. The number of hydrogen-bond donors (Lipinski definition) is 1. The Bertz CT molecular complexity index is 300. The Labute approximate surface area is 86.1 Å². The highest BCUT2D eigenvalue weighted by Crippen LogP contribution is 2.30. The number of benzene rings is 1. The molecule has 0 aliphatic rings.